The molecular weight excluding hydrogens is 294 g/mol. The molecule has 0 saturated heterocycles. The van der Waals surface area contributed by atoms with Crippen LogP contribution in [-0.4, -0.2) is 32.4 Å². The van der Waals surface area contributed by atoms with Crippen molar-refractivity contribution in [3.05, 3.63) is 53.6 Å². The van der Waals surface area contributed by atoms with Crippen molar-refractivity contribution in [1.82, 2.24) is 20.2 Å². The molecule has 2 aromatic carbocycles. The number of phenolic OH excluding ortho intramolecular Hbond substituents is 1. The summed E-state index contributed by atoms with van der Waals surface area (Å²) in [5, 5.41) is 24.9. The number of ether oxygens (including phenoxy) is 1. The maximum atomic E-state index is 10.1. The molecule has 3 aromatic rings. The average Bonchev–Trinajstić information content (AvgIpc) is 3.03. The first kappa shape index (κ1) is 14.8. The lowest BCUT2D eigenvalue weighted by Gasteiger charge is -2.10. The molecule has 7 heteroatoms. The van der Waals surface area contributed by atoms with Crippen LogP contribution in [0.25, 0.3) is 5.69 Å². The van der Waals surface area contributed by atoms with Gasteiger partial charge in [0.1, 0.15) is 0 Å². The third kappa shape index (κ3) is 3.08. The SMILES string of the molecule is COc1cccc(CNc2nnnn2-c2ccc(C)cc2)c1O. The summed E-state index contributed by atoms with van der Waals surface area (Å²) in [6, 6.07) is 13.2. The molecule has 0 aliphatic heterocycles. The fourth-order valence-electron chi connectivity index (χ4n) is 2.21. The summed E-state index contributed by atoms with van der Waals surface area (Å²) in [6.07, 6.45) is 0. The third-order valence-corrected chi connectivity index (χ3v) is 3.49. The van der Waals surface area contributed by atoms with E-state index in [9.17, 15) is 5.11 Å². The van der Waals surface area contributed by atoms with Crippen molar-refractivity contribution < 1.29 is 9.84 Å². The minimum absolute atomic E-state index is 0.108. The Morgan fingerprint density at radius 2 is 1.96 bits per heavy atom. The highest BCUT2D eigenvalue weighted by Crippen LogP contribution is 2.29. The fraction of sp³-hybridized carbons (Fsp3) is 0.188. The lowest BCUT2D eigenvalue weighted by molar-refractivity contribution is 0.371. The highest BCUT2D eigenvalue weighted by molar-refractivity contribution is 5.47. The Kier molecular flexibility index (Phi) is 4.09. The van der Waals surface area contributed by atoms with Gasteiger partial charge in [0.15, 0.2) is 11.5 Å². The maximum Gasteiger partial charge on any atom is 0.248 e. The standard InChI is InChI=1S/C16H17N5O2/c1-11-6-8-13(9-7-11)21-16(18-19-20-21)17-10-12-4-3-5-14(23-2)15(12)22/h3-9,22H,10H2,1-2H3,(H,17,18,20). The van der Waals surface area contributed by atoms with E-state index >= 15 is 0 Å². The van der Waals surface area contributed by atoms with Crippen molar-refractivity contribution >= 4 is 5.95 Å². The number of phenols is 1. The van der Waals surface area contributed by atoms with Crippen LogP contribution in [0.3, 0.4) is 0 Å². The zero-order chi connectivity index (χ0) is 16.2. The van der Waals surface area contributed by atoms with Gasteiger partial charge in [-0.3, -0.25) is 0 Å². The van der Waals surface area contributed by atoms with Crippen LogP contribution in [0.15, 0.2) is 42.5 Å². The smallest absolute Gasteiger partial charge is 0.248 e. The van der Waals surface area contributed by atoms with Crippen LogP contribution in [0.2, 0.25) is 0 Å². The quantitative estimate of drug-likeness (QED) is 0.752. The van der Waals surface area contributed by atoms with Crippen LogP contribution >= 0.6 is 0 Å². The molecular formula is C16H17N5O2. The van der Waals surface area contributed by atoms with Crippen LogP contribution in [0, 0.1) is 6.92 Å². The summed E-state index contributed by atoms with van der Waals surface area (Å²) in [5.74, 6) is 1.04. The maximum absolute atomic E-state index is 10.1. The van der Waals surface area contributed by atoms with E-state index in [0.29, 0.717) is 23.8 Å². The minimum atomic E-state index is 0.108. The molecule has 0 spiro atoms. The van der Waals surface area contributed by atoms with Gasteiger partial charge in [0, 0.05) is 12.1 Å². The second kappa shape index (κ2) is 6.35. The number of rotatable bonds is 5. The van der Waals surface area contributed by atoms with Gasteiger partial charge in [0.05, 0.1) is 12.8 Å². The van der Waals surface area contributed by atoms with E-state index < -0.39 is 0 Å². The summed E-state index contributed by atoms with van der Waals surface area (Å²) in [7, 11) is 1.52. The molecule has 118 valence electrons. The normalized spacial score (nSPS) is 10.5. The van der Waals surface area contributed by atoms with Crippen molar-refractivity contribution in [3.8, 4) is 17.2 Å². The van der Waals surface area contributed by atoms with E-state index in [0.717, 1.165) is 11.3 Å². The van der Waals surface area contributed by atoms with Crippen LogP contribution in [-0.2, 0) is 6.54 Å². The Labute approximate surface area is 133 Å². The summed E-state index contributed by atoms with van der Waals surface area (Å²) in [4.78, 5) is 0. The number of benzene rings is 2. The number of aromatic nitrogens is 4. The van der Waals surface area contributed by atoms with Gasteiger partial charge in [-0.05, 0) is 35.5 Å². The first-order valence-corrected chi connectivity index (χ1v) is 7.13. The fourth-order valence-corrected chi connectivity index (χ4v) is 2.21. The Hall–Kier alpha value is -3.09. The van der Waals surface area contributed by atoms with Crippen LogP contribution < -0.4 is 10.1 Å². The lowest BCUT2D eigenvalue weighted by atomic mass is 10.2. The second-order valence-corrected chi connectivity index (χ2v) is 5.07. The van der Waals surface area contributed by atoms with E-state index in [4.69, 9.17) is 4.74 Å². The predicted molar refractivity (Wildman–Crippen MR) is 85.9 cm³/mol. The number of nitrogens with zero attached hydrogens (tertiary/aromatic N) is 4. The molecule has 0 aliphatic rings. The molecule has 0 fully saturated rings. The zero-order valence-electron chi connectivity index (χ0n) is 12.9. The van der Waals surface area contributed by atoms with Gasteiger partial charge in [-0.1, -0.05) is 34.9 Å². The van der Waals surface area contributed by atoms with Gasteiger partial charge in [-0.25, -0.2) is 0 Å². The Bertz CT molecular complexity index is 798. The second-order valence-electron chi connectivity index (χ2n) is 5.07. The number of aromatic hydroxyl groups is 1. The molecule has 2 N–H and O–H groups in total. The Morgan fingerprint density at radius 3 is 2.70 bits per heavy atom. The molecule has 0 saturated carbocycles. The zero-order valence-corrected chi connectivity index (χ0v) is 12.9. The van der Waals surface area contributed by atoms with Gasteiger partial charge in [0.25, 0.3) is 0 Å². The molecule has 7 nitrogen and oxygen atoms in total. The van der Waals surface area contributed by atoms with Crippen LogP contribution in [0.1, 0.15) is 11.1 Å². The number of hydrogen-bond donors (Lipinski definition) is 2. The highest BCUT2D eigenvalue weighted by atomic mass is 16.5. The largest absolute Gasteiger partial charge is 0.504 e. The number of tetrazole rings is 1. The van der Waals surface area contributed by atoms with E-state index in [1.54, 1.807) is 10.7 Å². The monoisotopic (exact) mass is 311 g/mol. The summed E-state index contributed by atoms with van der Waals surface area (Å²) in [6.45, 7) is 2.39. The molecule has 0 amide bonds. The van der Waals surface area contributed by atoms with Gasteiger partial charge >= 0.3 is 0 Å². The number of anilines is 1. The molecule has 0 bridgehead atoms. The van der Waals surface area contributed by atoms with Gasteiger partial charge in [-0.2, -0.15) is 4.68 Å². The predicted octanol–water partition coefficient (Wildman–Crippen LogP) is 2.30. The van der Waals surface area contributed by atoms with E-state index in [-0.39, 0.29) is 5.75 Å². The van der Waals surface area contributed by atoms with Gasteiger partial charge in [0.2, 0.25) is 5.95 Å². The molecule has 23 heavy (non-hydrogen) atoms. The van der Waals surface area contributed by atoms with Crippen LogP contribution in [0.5, 0.6) is 11.5 Å². The number of methoxy groups -OCH3 is 1. The summed E-state index contributed by atoms with van der Waals surface area (Å²) < 4.78 is 6.71. The van der Waals surface area contributed by atoms with E-state index in [1.165, 1.54) is 7.11 Å². The van der Waals surface area contributed by atoms with Gasteiger partial charge in [-0.15, -0.1) is 0 Å². The topological polar surface area (TPSA) is 85.1 Å². The number of nitrogens with one attached hydrogen (secondary N) is 1. The molecule has 3 rings (SSSR count). The van der Waals surface area contributed by atoms with Crippen molar-refractivity contribution in [2.75, 3.05) is 12.4 Å². The lowest BCUT2D eigenvalue weighted by Crippen LogP contribution is -2.07. The Balaban J connectivity index is 1.80. The molecule has 0 aliphatic carbocycles. The minimum Gasteiger partial charge on any atom is -0.504 e. The molecule has 0 radical (unpaired) electrons. The third-order valence-electron chi connectivity index (χ3n) is 3.49. The first-order valence-electron chi connectivity index (χ1n) is 7.13. The summed E-state index contributed by atoms with van der Waals surface area (Å²) >= 11 is 0. The number of para-hydroxylation sites is 1. The van der Waals surface area contributed by atoms with Crippen molar-refractivity contribution in [3.63, 3.8) is 0 Å². The van der Waals surface area contributed by atoms with Crippen molar-refractivity contribution in [2.45, 2.75) is 13.5 Å². The molecule has 1 heterocycles. The summed E-state index contributed by atoms with van der Waals surface area (Å²) in [5.41, 5.74) is 2.72. The van der Waals surface area contributed by atoms with Crippen molar-refractivity contribution in [1.29, 1.82) is 0 Å². The van der Waals surface area contributed by atoms with E-state index in [2.05, 4.69) is 20.8 Å². The highest BCUT2D eigenvalue weighted by Gasteiger charge is 2.11. The number of hydrogen-bond acceptors (Lipinski definition) is 6. The molecule has 0 unspecified atom stereocenters. The first-order chi connectivity index (χ1) is 11.2. The number of aryl methyl sites for hydroxylation is 1. The average molecular weight is 311 g/mol. The van der Waals surface area contributed by atoms with Gasteiger partial charge < -0.3 is 15.2 Å². The Morgan fingerprint density at radius 1 is 1.17 bits per heavy atom. The van der Waals surface area contributed by atoms with E-state index in [1.807, 2.05) is 43.3 Å². The molecule has 1 aromatic heterocycles. The molecule has 0 atom stereocenters. The van der Waals surface area contributed by atoms with Crippen LogP contribution in [0.4, 0.5) is 5.95 Å². The van der Waals surface area contributed by atoms with Crippen molar-refractivity contribution in [2.24, 2.45) is 0 Å².